The fourth-order valence-corrected chi connectivity index (χ4v) is 1.91. The van der Waals surface area contributed by atoms with Crippen LogP contribution in [-0.2, 0) is 0 Å². The molecule has 0 fully saturated rings. The molecule has 0 saturated heterocycles. The fraction of sp³-hybridized carbons (Fsp3) is 0. The monoisotopic (exact) mass is 256 g/mol. The van der Waals surface area contributed by atoms with Gasteiger partial charge in [-0.05, 0) is 24.3 Å². The Hall–Kier alpha value is -2.82. The maximum atomic E-state index is 11.2. The molecular weight excluding hydrogens is 248 g/mol. The number of carbonyl (C=O) groups is 2. The molecule has 0 bridgehead atoms. The molecule has 0 amide bonds. The number of hydrogen-bond donors (Lipinski definition) is 0. The molecule has 3 heterocycles. The predicted molar refractivity (Wildman–Crippen MR) is 64.9 cm³/mol. The van der Waals surface area contributed by atoms with Gasteiger partial charge in [0.25, 0.3) is 0 Å². The van der Waals surface area contributed by atoms with Gasteiger partial charge in [0.1, 0.15) is 5.76 Å². The van der Waals surface area contributed by atoms with Crippen molar-refractivity contribution in [2.75, 3.05) is 0 Å². The Balaban J connectivity index is 2.32. The average molecular weight is 256 g/mol. The van der Waals surface area contributed by atoms with E-state index < -0.39 is 0 Å². The van der Waals surface area contributed by atoms with Gasteiger partial charge >= 0.3 is 0 Å². The lowest BCUT2D eigenvalue weighted by atomic mass is 10.1. The highest BCUT2D eigenvalue weighted by atomic mass is 16.4. The summed E-state index contributed by atoms with van der Waals surface area (Å²) in [5.74, 6) is 1.10. The van der Waals surface area contributed by atoms with Gasteiger partial charge in [0.15, 0.2) is 29.9 Å². The van der Waals surface area contributed by atoms with E-state index in [-0.39, 0.29) is 11.3 Å². The minimum absolute atomic E-state index is 0.0483. The molecule has 5 heteroatoms. The molecular formula is C14H8O5. The van der Waals surface area contributed by atoms with Crippen molar-refractivity contribution in [1.82, 2.24) is 0 Å². The summed E-state index contributed by atoms with van der Waals surface area (Å²) in [6.45, 7) is 0. The Morgan fingerprint density at radius 2 is 1.58 bits per heavy atom. The third-order valence-corrected chi connectivity index (χ3v) is 2.71. The van der Waals surface area contributed by atoms with Crippen molar-refractivity contribution in [3.63, 3.8) is 0 Å². The van der Waals surface area contributed by atoms with Crippen molar-refractivity contribution in [3.05, 3.63) is 48.1 Å². The molecule has 0 saturated carbocycles. The second-order valence-electron chi connectivity index (χ2n) is 3.77. The van der Waals surface area contributed by atoms with E-state index in [4.69, 9.17) is 13.3 Å². The molecule has 0 N–H and O–H groups in total. The van der Waals surface area contributed by atoms with Crippen LogP contribution >= 0.6 is 0 Å². The van der Waals surface area contributed by atoms with E-state index in [1.807, 2.05) is 0 Å². The summed E-state index contributed by atoms with van der Waals surface area (Å²) < 4.78 is 15.9. The maximum Gasteiger partial charge on any atom is 0.186 e. The van der Waals surface area contributed by atoms with Gasteiger partial charge in [-0.25, -0.2) is 0 Å². The first-order valence-corrected chi connectivity index (χ1v) is 5.50. The summed E-state index contributed by atoms with van der Waals surface area (Å²) in [7, 11) is 0. The van der Waals surface area contributed by atoms with Gasteiger partial charge in [-0.1, -0.05) is 0 Å². The van der Waals surface area contributed by atoms with Crippen LogP contribution in [0.25, 0.3) is 22.8 Å². The van der Waals surface area contributed by atoms with Crippen molar-refractivity contribution >= 4 is 12.6 Å². The number of aldehydes is 2. The first-order chi connectivity index (χ1) is 9.35. The first kappa shape index (κ1) is 11.3. The second-order valence-corrected chi connectivity index (χ2v) is 3.77. The molecule has 3 rings (SSSR count). The van der Waals surface area contributed by atoms with Gasteiger partial charge in [-0.3, -0.25) is 9.59 Å². The number of hydrogen-bond acceptors (Lipinski definition) is 5. The van der Waals surface area contributed by atoms with Gasteiger partial charge in [0.05, 0.1) is 23.7 Å². The number of furan rings is 3. The molecule has 0 spiro atoms. The zero-order valence-electron chi connectivity index (χ0n) is 9.66. The van der Waals surface area contributed by atoms with Crippen LogP contribution < -0.4 is 0 Å². The Kier molecular flexibility index (Phi) is 2.64. The highest BCUT2D eigenvalue weighted by Gasteiger charge is 2.25. The smallest absolute Gasteiger partial charge is 0.186 e. The third-order valence-electron chi connectivity index (χ3n) is 2.71. The van der Waals surface area contributed by atoms with Crippen molar-refractivity contribution in [2.24, 2.45) is 0 Å². The van der Waals surface area contributed by atoms with Crippen LogP contribution in [0.2, 0.25) is 0 Å². The topological polar surface area (TPSA) is 73.6 Å². The molecule has 0 aliphatic heterocycles. The molecule has 0 radical (unpaired) electrons. The maximum absolute atomic E-state index is 11.2. The lowest BCUT2D eigenvalue weighted by molar-refractivity contribution is 0.107. The molecule has 94 valence electrons. The predicted octanol–water partition coefficient (Wildman–Crippen LogP) is 3.42. The van der Waals surface area contributed by atoms with Crippen LogP contribution in [0.3, 0.4) is 0 Å². The van der Waals surface area contributed by atoms with Crippen molar-refractivity contribution in [2.45, 2.75) is 0 Å². The van der Waals surface area contributed by atoms with Gasteiger partial charge in [-0.15, -0.1) is 0 Å². The lowest BCUT2D eigenvalue weighted by Crippen LogP contribution is -1.87. The van der Waals surface area contributed by atoms with Gasteiger partial charge in [0, 0.05) is 0 Å². The highest BCUT2D eigenvalue weighted by Crippen LogP contribution is 2.38. The van der Waals surface area contributed by atoms with Crippen LogP contribution in [0.15, 0.2) is 50.0 Å². The minimum Gasteiger partial charge on any atom is -0.464 e. The van der Waals surface area contributed by atoms with Crippen molar-refractivity contribution < 1.29 is 22.8 Å². The van der Waals surface area contributed by atoms with E-state index in [0.717, 1.165) is 0 Å². The SMILES string of the molecule is O=Cc1oc(-c2ccco2)c(-c2ccco2)c1C=O. The second kappa shape index (κ2) is 4.45. The normalized spacial score (nSPS) is 10.5. The average Bonchev–Trinajstić information content (AvgIpc) is 3.16. The Morgan fingerprint density at radius 1 is 0.895 bits per heavy atom. The number of carbonyl (C=O) groups excluding carboxylic acids is 2. The van der Waals surface area contributed by atoms with Crippen LogP contribution in [0.1, 0.15) is 20.9 Å². The molecule has 5 nitrogen and oxygen atoms in total. The molecule has 3 aromatic rings. The van der Waals surface area contributed by atoms with E-state index >= 15 is 0 Å². The van der Waals surface area contributed by atoms with Crippen molar-refractivity contribution in [1.29, 1.82) is 0 Å². The van der Waals surface area contributed by atoms with Crippen molar-refractivity contribution in [3.8, 4) is 22.8 Å². The largest absolute Gasteiger partial charge is 0.464 e. The van der Waals surface area contributed by atoms with E-state index in [1.165, 1.54) is 12.5 Å². The summed E-state index contributed by atoms with van der Waals surface area (Å²) in [6.07, 6.45) is 4.01. The zero-order valence-corrected chi connectivity index (χ0v) is 9.66. The molecule has 0 aliphatic rings. The van der Waals surface area contributed by atoms with Gasteiger partial charge in [-0.2, -0.15) is 0 Å². The Morgan fingerprint density at radius 3 is 2.11 bits per heavy atom. The summed E-state index contributed by atoms with van der Waals surface area (Å²) in [5, 5.41) is 0. The summed E-state index contributed by atoms with van der Waals surface area (Å²) >= 11 is 0. The molecule has 0 atom stereocenters. The Labute approximate surface area is 107 Å². The van der Waals surface area contributed by atoms with Gasteiger partial charge in [0.2, 0.25) is 0 Å². The molecule has 19 heavy (non-hydrogen) atoms. The lowest BCUT2D eigenvalue weighted by Gasteiger charge is -1.97. The third kappa shape index (κ3) is 1.72. The first-order valence-electron chi connectivity index (χ1n) is 5.50. The Bertz CT molecular complexity index is 701. The molecule has 0 unspecified atom stereocenters. The van der Waals surface area contributed by atoms with E-state index in [9.17, 15) is 9.59 Å². The number of rotatable bonds is 4. The highest BCUT2D eigenvalue weighted by molar-refractivity contribution is 5.99. The van der Waals surface area contributed by atoms with Crippen LogP contribution in [-0.4, -0.2) is 12.6 Å². The molecule has 0 aromatic carbocycles. The summed E-state index contributed by atoms with van der Waals surface area (Å²) in [4.78, 5) is 22.2. The van der Waals surface area contributed by atoms with E-state index in [0.29, 0.717) is 35.4 Å². The fourth-order valence-electron chi connectivity index (χ4n) is 1.91. The van der Waals surface area contributed by atoms with Crippen LogP contribution in [0, 0.1) is 0 Å². The van der Waals surface area contributed by atoms with E-state index in [2.05, 4.69) is 0 Å². The van der Waals surface area contributed by atoms with Crippen LogP contribution in [0.5, 0.6) is 0 Å². The quantitative estimate of drug-likeness (QED) is 0.668. The summed E-state index contributed by atoms with van der Waals surface area (Å²) in [5.41, 5.74) is 0.563. The van der Waals surface area contributed by atoms with E-state index in [1.54, 1.807) is 24.3 Å². The molecule has 3 aromatic heterocycles. The standard InChI is InChI=1S/C14H8O5/c15-7-9-12(8-16)19-14(11-4-2-6-18-11)13(9)10-3-1-5-17-10/h1-8H. The summed E-state index contributed by atoms with van der Waals surface area (Å²) in [6, 6.07) is 6.72. The zero-order chi connectivity index (χ0) is 13.2. The van der Waals surface area contributed by atoms with Gasteiger partial charge < -0.3 is 13.3 Å². The molecule has 0 aliphatic carbocycles. The van der Waals surface area contributed by atoms with Crippen LogP contribution in [0.4, 0.5) is 0 Å². The minimum atomic E-state index is -0.0483.